The van der Waals surface area contributed by atoms with Gasteiger partial charge in [-0.3, -0.25) is 0 Å². The fourth-order valence-electron chi connectivity index (χ4n) is 2.50. The van der Waals surface area contributed by atoms with Crippen molar-refractivity contribution in [1.29, 1.82) is 0 Å². The number of rotatable bonds is 3. The molecule has 126 valence electrons. The molecule has 3 rings (SSSR count). The highest BCUT2D eigenvalue weighted by atomic mass is 19.4. The van der Waals surface area contributed by atoms with Gasteiger partial charge in [-0.2, -0.15) is 18.3 Å². The Hall–Kier alpha value is -2.54. The number of hydrogen-bond donors (Lipinski definition) is 1. The van der Waals surface area contributed by atoms with Crippen LogP contribution in [0, 0.1) is 0 Å². The van der Waals surface area contributed by atoms with Gasteiger partial charge in [-0.05, 0) is 42.3 Å². The molecular weight excluding hydrogens is 319 g/mol. The van der Waals surface area contributed by atoms with E-state index < -0.39 is 11.9 Å². The highest BCUT2D eigenvalue weighted by molar-refractivity contribution is 5.74. The van der Waals surface area contributed by atoms with Crippen LogP contribution >= 0.6 is 0 Å². The molecule has 0 bridgehead atoms. The average molecular weight is 335 g/mol. The van der Waals surface area contributed by atoms with Crippen molar-refractivity contribution in [2.75, 3.05) is 12.8 Å². The summed E-state index contributed by atoms with van der Waals surface area (Å²) in [4.78, 5) is 0. The number of methoxy groups -OCH3 is 1. The van der Waals surface area contributed by atoms with Gasteiger partial charge in [-0.25, -0.2) is 4.68 Å². The average Bonchev–Trinajstić information content (AvgIpc) is 3.01. The molecule has 1 aromatic carbocycles. The van der Waals surface area contributed by atoms with Crippen molar-refractivity contribution >= 4 is 11.3 Å². The Labute approximate surface area is 137 Å². The maximum atomic E-state index is 13.1. The maximum absolute atomic E-state index is 13.1. The van der Waals surface area contributed by atoms with Gasteiger partial charge in [0.15, 0.2) is 5.69 Å². The Morgan fingerprint density at radius 3 is 2.50 bits per heavy atom. The largest absolute Gasteiger partial charge is 0.435 e. The molecule has 1 heterocycles. The van der Waals surface area contributed by atoms with Crippen LogP contribution in [-0.2, 0) is 10.9 Å². The SMILES string of the molecule is COC1C=CC(c2cc(C(F)(F)F)nn2-c2ccc(N)cc2)=CC1. The van der Waals surface area contributed by atoms with Crippen molar-refractivity contribution in [2.45, 2.75) is 18.7 Å². The van der Waals surface area contributed by atoms with Gasteiger partial charge >= 0.3 is 6.18 Å². The molecule has 1 aliphatic rings. The third-order valence-corrected chi connectivity index (χ3v) is 3.80. The molecule has 0 amide bonds. The van der Waals surface area contributed by atoms with Crippen LogP contribution in [-0.4, -0.2) is 23.0 Å². The summed E-state index contributed by atoms with van der Waals surface area (Å²) in [6, 6.07) is 7.58. The molecular formula is C17H16F3N3O. The summed E-state index contributed by atoms with van der Waals surface area (Å²) in [7, 11) is 1.59. The Kier molecular flexibility index (Phi) is 4.19. The third-order valence-electron chi connectivity index (χ3n) is 3.80. The minimum absolute atomic E-state index is 0.0660. The Bertz CT molecular complexity index is 788. The fourth-order valence-corrected chi connectivity index (χ4v) is 2.50. The molecule has 7 heteroatoms. The summed E-state index contributed by atoms with van der Waals surface area (Å²) < 4.78 is 45.8. The molecule has 0 radical (unpaired) electrons. The van der Waals surface area contributed by atoms with Crippen LogP contribution in [0.3, 0.4) is 0 Å². The molecule has 1 aliphatic carbocycles. The van der Waals surface area contributed by atoms with Gasteiger partial charge in [-0.1, -0.05) is 18.2 Å². The number of alkyl halides is 3. The number of allylic oxidation sites excluding steroid dienone is 2. The normalized spacial score (nSPS) is 17.8. The molecule has 0 spiro atoms. The lowest BCUT2D eigenvalue weighted by Gasteiger charge is -2.15. The van der Waals surface area contributed by atoms with Crippen LogP contribution in [0.4, 0.5) is 18.9 Å². The van der Waals surface area contributed by atoms with E-state index in [1.807, 2.05) is 12.2 Å². The van der Waals surface area contributed by atoms with Gasteiger partial charge in [0.25, 0.3) is 0 Å². The van der Waals surface area contributed by atoms with Gasteiger partial charge in [0, 0.05) is 12.8 Å². The van der Waals surface area contributed by atoms with E-state index in [1.165, 1.54) is 4.68 Å². The van der Waals surface area contributed by atoms with Crippen LogP contribution in [0.25, 0.3) is 11.3 Å². The molecule has 0 fully saturated rings. The zero-order chi connectivity index (χ0) is 17.3. The van der Waals surface area contributed by atoms with Crippen molar-refractivity contribution in [3.63, 3.8) is 0 Å². The molecule has 2 N–H and O–H groups in total. The molecule has 1 unspecified atom stereocenters. The van der Waals surface area contributed by atoms with Crippen molar-refractivity contribution in [3.05, 3.63) is 59.9 Å². The van der Waals surface area contributed by atoms with E-state index in [1.54, 1.807) is 37.5 Å². The van der Waals surface area contributed by atoms with Crippen LogP contribution in [0.2, 0.25) is 0 Å². The first-order chi connectivity index (χ1) is 11.4. The summed E-state index contributed by atoms with van der Waals surface area (Å²) in [5.41, 5.74) is 6.80. The first kappa shape index (κ1) is 16.3. The zero-order valence-electron chi connectivity index (χ0n) is 12.9. The summed E-state index contributed by atoms with van der Waals surface area (Å²) in [6.45, 7) is 0. The third kappa shape index (κ3) is 3.21. The van der Waals surface area contributed by atoms with Crippen LogP contribution in [0.15, 0.2) is 48.6 Å². The van der Waals surface area contributed by atoms with Crippen LogP contribution in [0.1, 0.15) is 17.8 Å². The molecule has 4 nitrogen and oxygen atoms in total. The van der Waals surface area contributed by atoms with Crippen molar-refractivity contribution < 1.29 is 17.9 Å². The van der Waals surface area contributed by atoms with Gasteiger partial charge in [0.05, 0.1) is 17.5 Å². The van der Waals surface area contributed by atoms with E-state index in [0.29, 0.717) is 29.1 Å². The number of nitrogen functional groups attached to an aromatic ring is 1. The van der Waals surface area contributed by atoms with Crippen LogP contribution < -0.4 is 5.73 Å². The Morgan fingerprint density at radius 2 is 1.96 bits per heavy atom. The van der Waals surface area contributed by atoms with Gasteiger partial charge in [-0.15, -0.1) is 0 Å². The Balaban J connectivity index is 2.07. The number of nitrogens with two attached hydrogens (primary N) is 1. The summed E-state index contributed by atoms with van der Waals surface area (Å²) >= 11 is 0. The molecule has 0 saturated carbocycles. The first-order valence-corrected chi connectivity index (χ1v) is 7.33. The molecule has 0 saturated heterocycles. The minimum Gasteiger partial charge on any atom is -0.399 e. The number of aromatic nitrogens is 2. The van der Waals surface area contributed by atoms with Gasteiger partial charge < -0.3 is 10.5 Å². The molecule has 1 atom stereocenters. The zero-order valence-corrected chi connectivity index (χ0v) is 12.9. The number of nitrogens with zero attached hydrogens (tertiary/aromatic N) is 2. The quantitative estimate of drug-likeness (QED) is 0.867. The lowest BCUT2D eigenvalue weighted by atomic mass is 10.0. The van der Waals surface area contributed by atoms with Crippen molar-refractivity contribution in [3.8, 4) is 5.69 Å². The maximum Gasteiger partial charge on any atom is 0.435 e. The van der Waals surface area contributed by atoms with E-state index in [0.717, 1.165) is 6.07 Å². The van der Waals surface area contributed by atoms with E-state index in [-0.39, 0.29) is 6.10 Å². The second-order valence-corrected chi connectivity index (χ2v) is 5.44. The predicted octanol–water partition coefficient (Wildman–Crippen LogP) is 3.83. The number of halogens is 3. The highest BCUT2D eigenvalue weighted by Gasteiger charge is 2.35. The molecule has 24 heavy (non-hydrogen) atoms. The van der Waals surface area contributed by atoms with Gasteiger partial charge in [0.1, 0.15) is 0 Å². The smallest absolute Gasteiger partial charge is 0.399 e. The van der Waals surface area contributed by atoms with Crippen molar-refractivity contribution in [2.24, 2.45) is 0 Å². The topological polar surface area (TPSA) is 53.1 Å². The monoisotopic (exact) mass is 335 g/mol. The lowest BCUT2D eigenvalue weighted by molar-refractivity contribution is -0.141. The summed E-state index contributed by atoms with van der Waals surface area (Å²) in [5, 5.41) is 3.74. The first-order valence-electron chi connectivity index (χ1n) is 7.33. The van der Waals surface area contributed by atoms with Crippen molar-refractivity contribution in [1.82, 2.24) is 9.78 Å². The Morgan fingerprint density at radius 1 is 1.25 bits per heavy atom. The van der Waals surface area contributed by atoms with E-state index in [9.17, 15) is 13.2 Å². The molecule has 1 aromatic heterocycles. The van der Waals surface area contributed by atoms with E-state index in [2.05, 4.69) is 5.10 Å². The summed E-state index contributed by atoms with van der Waals surface area (Å²) in [6.07, 6.45) is 1.44. The number of hydrogen-bond acceptors (Lipinski definition) is 3. The second kappa shape index (κ2) is 6.16. The molecule has 2 aromatic rings. The highest BCUT2D eigenvalue weighted by Crippen LogP contribution is 2.33. The number of anilines is 1. The lowest BCUT2D eigenvalue weighted by Crippen LogP contribution is -2.10. The number of ether oxygens (including phenoxy) is 1. The van der Waals surface area contributed by atoms with Gasteiger partial charge in [0.2, 0.25) is 0 Å². The fraction of sp³-hybridized carbons (Fsp3) is 0.235. The van der Waals surface area contributed by atoms with E-state index in [4.69, 9.17) is 10.5 Å². The van der Waals surface area contributed by atoms with Crippen LogP contribution in [0.5, 0.6) is 0 Å². The van der Waals surface area contributed by atoms with E-state index >= 15 is 0 Å². The summed E-state index contributed by atoms with van der Waals surface area (Å²) in [5.74, 6) is 0. The minimum atomic E-state index is -4.51. The standard InChI is InChI=1S/C17H16F3N3O/c1-24-14-8-2-11(3-9-14)15-10-16(17(18,19)20)22-23(15)13-6-4-12(21)5-7-13/h2-8,10,14H,9,21H2,1H3. The predicted molar refractivity (Wildman–Crippen MR) is 85.5 cm³/mol. The molecule has 0 aliphatic heterocycles. The second-order valence-electron chi connectivity index (χ2n) is 5.44. The number of benzene rings is 1.